The minimum absolute atomic E-state index is 0. The second-order valence-electron chi connectivity index (χ2n) is 7.96. The number of hydrogen-bond acceptors (Lipinski definition) is 9. The minimum Gasteiger partial charge on any atom is -0.497 e. The molecule has 0 saturated heterocycles. The third-order valence-corrected chi connectivity index (χ3v) is 6.47. The van der Waals surface area contributed by atoms with E-state index in [1.165, 1.54) is 32.4 Å². The molecule has 0 fully saturated rings. The second kappa shape index (κ2) is 14.9. The zero-order chi connectivity index (χ0) is 29.7. The predicted molar refractivity (Wildman–Crippen MR) is 146 cm³/mol. The summed E-state index contributed by atoms with van der Waals surface area (Å²) in [5.41, 5.74) is -5.55. The van der Waals surface area contributed by atoms with Gasteiger partial charge in [-0.1, -0.05) is 18.2 Å². The molecule has 0 aliphatic rings. The van der Waals surface area contributed by atoms with Crippen molar-refractivity contribution in [2.24, 2.45) is 0 Å². The van der Waals surface area contributed by atoms with E-state index < -0.39 is 32.9 Å². The van der Waals surface area contributed by atoms with Crippen LogP contribution in [-0.4, -0.2) is 54.3 Å². The van der Waals surface area contributed by atoms with Crippen LogP contribution in [0, 0.1) is 7.43 Å². The summed E-state index contributed by atoms with van der Waals surface area (Å²) in [6, 6.07) is 17.8. The van der Waals surface area contributed by atoms with Gasteiger partial charge in [0.25, 0.3) is 0 Å². The maximum Gasteiger partial charge on any atom is 0.534 e. The van der Waals surface area contributed by atoms with Gasteiger partial charge in [0.15, 0.2) is 5.75 Å². The van der Waals surface area contributed by atoms with E-state index in [-0.39, 0.29) is 33.8 Å². The van der Waals surface area contributed by atoms with Crippen LogP contribution in [0.3, 0.4) is 0 Å². The smallest absolute Gasteiger partial charge is 0.497 e. The molecule has 230 valence electrons. The molecule has 0 radical (unpaired) electrons. The van der Waals surface area contributed by atoms with Crippen molar-refractivity contribution in [2.75, 3.05) is 28.4 Å². The van der Waals surface area contributed by atoms with E-state index in [2.05, 4.69) is 13.7 Å². The molecular formula is C28H26F3O9PdS-. The minimum atomic E-state index is -5.93. The molecule has 0 aromatic heterocycles. The van der Waals surface area contributed by atoms with Gasteiger partial charge in [0, 0.05) is 20.4 Å². The Balaban J connectivity index is 0.000000429. The van der Waals surface area contributed by atoms with E-state index in [0.29, 0.717) is 22.1 Å². The normalized spacial score (nSPS) is 10.7. The monoisotopic (exact) mass is 701 g/mol. The maximum atomic E-state index is 12.5. The van der Waals surface area contributed by atoms with Gasteiger partial charge in [-0.25, -0.2) is 9.59 Å². The van der Waals surface area contributed by atoms with Crippen LogP contribution in [0.1, 0.15) is 20.7 Å². The molecule has 4 aromatic rings. The van der Waals surface area contributed by atoms with Crippen LogP contribution in [-0.2, 0) is 40.0 Å². The molecule has 0 amide bonds. The number of hydrogen-bond donors (Lipinski definition) is 0. The first kappa shape index (κ1) is 36.2. The van der Waals surface area contributed by atoms with E-state index in [0.717, 1.165) is 35.8 Å². The van der Waals surface area contributed by atoms with Crippen LogP contribution >= 0.6 is 0 Å². The molecule has 0 spiro atoms. The number of halogens is 3. The Hall–Kier alpha value is -3.86. The Bertz CT molecular complexity index is 1670. The van der Waals surface area contributed by atoms with Gasteiger partial charge in [-0.3, -0.25) is 0 Å². The third-order valence-electron chi connectivity index (χ3n) is 5.50. The van der Waals surface area contributed by atoms with Gasteiger partial charge >= 0.3 is 27.6 Å². The molecule has 4 rings (SSSR count). The standard InChI is InChI=1S/C14H11F3O6S.C13H12O3.CH3.Pd/c1-21-10-4-3-8-7-12(23-24(19,20)14(15,16)17)11(13(18)22-2)6-9(8)5-10;1-15-12-6-5-9-3-4-10(13(14)16-2)7-11(9)8-12;;/h3-7H,1-2H3;3-8H,1-2H3;1H3;/q;;-1;. The molecule has 0 saturated carbocycles. The van der Waals surface area contributed by atoms with Crippen molar-refractivity contribution >= 4 is 43.6 Å². The van der Waals surface area contributed by atoms with E-state index in [9.17, 15) is 31.2 Å². The van der Waals surface area contributed by atoms with Crippen molar-refractivity contribution in [1.82, 2.24) is 0 Å². The zero-order valence-electron chi connectivity index (χ0n) is 22.9. The summed E-state index contributed by atoms with van der Waals surface area (Å²) in [6.45, 7) is 0. The topological polar surface area (TPSA) is 114 Å². The van der Waals surface area contributed by atoms with Crippen molar-refractivity contribution in [1.29, 1.82) is 0 Å². The fraction of sp³-hybridized carbons (Fsp3) is 0.179. The van der Waals surface area contributed by atoms with Crippen molar-refractivity contribution in [3.8, 4) is 17.2 Å². The number of carbonyl (C=O) groups excluding carboxylic acids is 2. The van der Waals surface area contributed by atoms with Crippen LogP contribution in [0.5, 0.6) is 17.2 Å². The van der Waals surface area contributed by atoms with Crippen LogP contribution in [0.4, 0.5) is 13.2 Å². The molecule has 14 heteroatoms. The second-order valence-corrected chi connectivity index (χ2v) is 9.49. The van der Waals surface area contributed by atoms with E-state index in [1.807, 2.05) is 24.3 Å². The van der Waals surface area contributed by atoms with Crippen LogP contribution in [0.25, 0.3) is 21.5 Å². The molecule has 0 N–H and O–H groups in total. The average molecular weight is 702 g/mol. The van der Waals surface area contributed by atoms with Gasteiger partial charge in [-0.05, 0) is 70.1 Å². The summed E-state index contributed by atoms with van der Waals surface area (Å²) >= 11 is 0. The van der Waals surface area contributed by atoms with Crippen LogP contribution in [0.15, 0.2) is 66.7 Å². The number of ether oxygens (including phenoxy) is 4. The van der Waals surface area contributed by atoms with Gasteiger partial charge in [-0.2, -0.15) is 21.6 Å². The molecule has 4 aromatic carbocycles. The molecular weight excluding hydrogens is 676 g/mol. The number of fused-ring (bicyclic) bond motifs is 2. The SMILES string of the molecule is COC(=O)c1cc2cc(OC)ccc2cc1OS(=O)(=O)C(F)(F)F.COC(=O)c1ccc2ccc(OC)cc2c1.[CH3-].[Pd]. The average Bonchev–Trinajstić information content (AvgIpc) is 2.94. The number of alkyl halides is 3. The molecule has 0 aliphatic carbocycles. The van der Waals surface area contributed by atoms with Gasteiger partial charge in [0.1, 0.15) is 17.1 Å². The Morgan fingerprint density at radius 2 is 1.17 bits per heavy atom. The molecule has 42 heavy (non-hydrogen) atoms. The third kappa shape index (κ3) is 8.34. The summed E-state index contributed by atoms with van der Waals surface area (Å²) in [5.74, 6) is -0.946. The Morgan fingerprint density at radius 1 is 0.667 bits per heavy atom. The van der Waals surface area contributed by atoms with E-state index in [1.54, 1.807) is 19.2 Å². The maximum absolute atomic E-state index is 12.5. The molecule has 0 aliphatic heterocycles. The van der Waals surface area contributed by atoms with E-state index in [4.69, 9.17) is 9.47 Å². The Labute approximate surface area is 254 Å². The van der Waals surface area contributed by atoms with Gasteiger partial charge in [-0.15, -0.1) is 0 Å². The zero-order valence-corrected chi connectivity index (χ0v) is 25.3. The van der Waals surface area contributed by atoms with Crippen molar-refractivity contribution in [3.63, 3.8) is 0 Å². The van der Waals surface area contributed by atoms with E-state index >= 15 is 0 Å². The summed E-state index contributed by atoms with van der Waals surface area (Å²) in [7, 11) is -0.527. The first-order chi connectivity index (χ1) is 18.8. The Morgan fingerprint density at radius 3 is 1.67 bits per heavy atom. The van der Waals surface area contributed by atoms with Gasteiger partial charge in [0.05, 0.1) is 34.0 Å². The van der Waals surface area contributed by atoms with Crippen molar-refractivity contribution in [2.45, 2.75) is 5.51 Å². The number of benzene rings is 4. The van der Waals surface area contributed by atoms with Gasteiger partial charge in [0.2, 0.25) is 0 Å². The molecule has 0 bridgehead atoms. The first-order valence-corrected chi connectivity index (χ1v) is 12.6. The summed E-state index contributed by atoms with van der Waals surface area (Å²) in [5, 5.41) is 2.79. The number of rotatable bonds is 6. The van der Waals surface area contributed by atoms with Crippen LogP contribution in [0.2, 0.25) is 0 Å². The number of methoxy groups -OCH3 is 4. The number of carbonyl (C=O) groups is 2. The fourth-order valence-corrected chi connectivity index (χ4v) is 3.95. The largest absolute Gasteiger partial charge is 0.534 e. The van der Waals surface area contributed by atoms with Crippen LogP contribution < -0.4 is 13.7 Å². The quantitative estimate of drug-likeness (QED) is 0.0792. The van der Waals surface area contributed by atoms with Crippen molar-refractivity contribution < 1.29 is 74.7 Å². The molecule has 9 nitrogen and oxygen atoms in total. The van der Waals surface area contributed by atoms with Gasteiger partial charge < -0.3 is 30.6 Å². The Kier molecular flexibility index (Phi) is 12.8. The summed E-state index contributed by atoms with van der Waals surface area (Å²) in [6.07, 6.45) is 0. The summed E-state index contributed by atoms with van der Waals surface area (Å²) in [4.78, 5) is 23.1. The number of esters is 2. The predicted octanol–water partition coefficient (Wildman–Crippen LogP) is 5.95. The fourth-order valence-electron chi connectivity index (χ4n) is 3.48. The molecule has 0 heterocycles. The summed E-state index contributed by atoms with van der Waals surface area (Å²) < 4.78 is 83.3. The van der Waals surface area contributed by atoms with Crippen molar-refractivity contribution in [3.05, 3.63) is 85.3 Å². The first-order valence-electron chi connectivity index (χ1n) is 11.2. The molecule has 0 atom stereocenters. The molecule has 0 unspecified atom stereocenters.